The van der Waals surface area contributed by atoms with Crippen LogP contribution in [0.1, 0.15) is 22.3 Å². The first kappa shape index (κ1) is 13.6. The summed E-state index contributed by atoms with van der Waals surface area (Å²) >= 11 is 0. The van der Waals surface area contributed by atoms with Gasteiger partial charge in [-0.25, -0.2) is 13.6 Å². The van der Waals surface area contributed by atoms with Crippen LogP contribution in [-0.4, -0.2) is 31.6 Å². The topological polar surface area (TPSA) is 102 Å². The van der Waals surface area contributed by atoms with E-state index in [2.05, 4.69) is 10.3 Å². The van der Waals surface area contributed by atoms with E-state index >= 15 is 0 Å². The summed E-state index contributed by atoms with van der Waals surface area (Å²) in [7, 11) is -3.46. The van der Waals surface area contributed by atoms with E-state index in [0.717, 1.165) is 5.56 Å². The van der Waals surface area contributed by atoms with E-state index in [9.17, 15) is 13.2 Å². The molecule has 0 aliphatic heterocycles. The number of nitrogens with zero attached hydrogens (tertiary/aromatic N) is 1. The van der Waals surface area contributed by atoms with E-state index in [1.807, 2.05) is 6.92 Å². The van der Waals surface area contributed by atoms with E-state index in [-0.39, 0.29) is 18.2 Å². The molecule has 3 N–H and O–H groups in total. The van der Waals surface area contributed by atoms with Crippen LogP contribution in [0.4, 0.5) is 0 Å². The van der Waals surface area contributed by atoms with Crippen LogP contribution in [0.5, 0.6) is 0 Å². The minimum absolute atomic E-state index is 0.140. The Morgan fingerprint density at radius 2 is 2.18 bits per heavy atom. The number of carbonyl (C=O) groups excluding carboxylic acids is 1. The smallest absolute Gasteiger partial charge is 0.252 e. The van der Waals surface area contributed by atoms with E-state index in [0.29, 0.717) is 12.0 Å². The van der Waals surface area contributed by atoms with Crippen molar-refractivity contribution in [1.82, 2.24) is 10.3 Å². The minimum atomic E-state index is -3.46. The molecule has 1 aromatic rings. The van der Waals surface area contributed by atoms with Crippen molar-refractivity contribution in [1.29, 1.82) is 0 Å². The predicted octanol–water partition coefficient (Wildman–Crippen LogP) is -0.202. The molecule has 6 nitrogen and oxygen atoms in total. The monoisotopic (exact) mass is 257 g/mol. The number of pyridine rings is 1. The lowest BCUT2D eigenvalue weighted by molar-refractivity contribution is 0.0953. The largest absolute Gasteiger partial charge is 0.352 e. The average molecular weight is 257 g/mol. The van der Waals surface area contributed by atoms with E-state index in [4.69, 9.17) is 5.14 Å². The van der Waals surface area contributed by atoms with Crippen molar-refractivity contribution in [3.63, 3.8) is 0 Å². The number of nitrogens with two attached hydrogens (primary N) is 1. The molecule has 0 aliphatic rings. The van der Waals surface area contributed by atoms with Gasteiger partial charge in [0.2, 0.25) is 10.0 Å². The Labute approximate surface area is 100 Å². The molecule has 0 bridgehead atoms. The maximum Gasteiger partial charge on any atom is 0.252 e. The number of rotatable bonds is 5. The molecule has 17 heavy (non-hydrogen) atoms. The van der Waals surface area contributed by atoms with E-state index < -0.39 is 10.0 Å². The maximum absolute atomic E-state index is 11.6. The third kappa shape index (κ3) is 5.41. The van der Waals surface area contributed by atoms with Crippen LogP contribution < -0.4 is 10.5 Å². The second kappa shape index (κ2) is 5.74. The Balaban J connectivity index is 2.41. The summed E-state index contributed by atoms with van der Waals surface area (Å²) in [6.45, 7) is 2.11. The molecule has 0 aliphatic carbocycles. The van der Waals surface area contributed by atoms with Crippen LogP contribution in [-0.2, 0) is 10.0 Å². The Morgan fingerprint density at radius 1 is 1.47 bits per heavy atom. The molecule has 0 aromatic carbocycles. The highest BCUT2D eigenvalue weighted by Crippen LogP contribution is 2.00. The number of primary sulfonamides is 1. The highest BCUT2D eigenvalue weighted by molar-refractivity contribution is 7.89. The number of hydrogen-bond donors (Lipinski definition) is 2. The van der Waals surface area contributed by atoms with Crippen molar-refractivity contribution < 1.29 is 13.2 Å². The number of hydrogen-bond acceptors (Lipinski definition) is 4. The van der Waals surface area contributed by atoms with Crippen LogP contribution in [0.2, 0.25) is 0 Å². The summed E-state index contributed by atoms with van der Waals surface area (Å²) in [5.41, 5.74) is 1.35. The van der Waals surface area contributed by atoms with Crippen LogP contribution in [0.3, 0.4) is 0 Å². The van der Waals surface area contributed by atoms with Crippen LogP contribution in [0, 0.1) is 6.92 Å². The second-order valence-corrected chi connectivity index (χ2v) is 5.46. The van der Waals surface area contributed by atoms with Gasteiger partial charge in [0, 0.05) is 18.9 Å². The summed E-state index contributed by atoms with van der Waals surface area (Å²) in [5, 5.41) is 7.43. The summed E-state index contributed by atoms with van der Waals surface area (Å²) < 4.78 is 21.3. The van der Waals surface area contributed by atoms with Crippen molar-refractivity contribution in [3.8, 4) is 0 Å². The van der Waals surface area contributed by atoms with Crippen LogP contribution >= 0.6 is 0 Å². The van der Waals surface area contributed by atoms with Gasteiger partial charge in [-0.05, 0) is 25.0 Å². The quantitative estimate of drug-likeness (QED) is 0.713. The van der Waals surface area contributed by atoms with Gasteiger partial charge in [-0.15, -0.1) is 0 Å². The molecule has 7 heteroatoms. The highest BCUT2D eigenvalue weighted by atomic mass is 32.2. The fourth-order valence-electron chi connectivity index (χ4n) is 1.26. The number of carbonyl (C=O) groups is 1. The molecule has 0 unspecified atom stereocenters. The van der Waals surface area contributed by atoms with Crippen molar-refractivity contribution in [2.24, 2.45) is 5.14 Å². The van der Waals surface area contributed by atoms with Gasteiger partial charge in [0.05, 0.1) is 11.3 Å². The van der Waals surface area contributed by atoms with Gasteiger partial charge < -0.3 is 5.32 Å². The lowest BCUT2D eigenvalue weighted by Crippen LogP contribution is -2.27. The third-order valence-corrected chi connectivity index (χ3v) is 2.89. The molecule has 1 aromatic heterocycles. The summed E-state index contributed by atoms with van der Waals surface area (Å²) in [4.78, 5) is 15.5. The predicted molar refractivity (Wildman–Crippen MR) is 63.9 cm³/mol. The molecule has 0 saturated carbocycles. The van der Waals surface area contributed by atoms with Crippen molar-refractivity contribution in [2.45, 2.75) is 13.3 Å². The van der Waals surface area contributed by atoms with Gasteiger partial charge in [-0.2, -0.15) is 0 Å². The highest BCUT2D eigenvalue weighted by Gasteiger charge is 2.06. The van der Waals surface area contributed by atoms with E-state index in [1.165, 1.54) is 6.20 Å². The molecule has 1 heterocycles. The SMILES string of the molecule is Cc1cncc(C(=O)NCCCS(N)(=O)=O)c1. The fraction of sp³-hybridized carbons (Fsp3) is 0.400. The van der Waals surface area contributed by atoms with Gasteiger partial charge in [0.15, 0.2) is 0 Å². The molecule has 0 radical (unpaired) electrons. The molecule has 1 amide bonds. The normalized spacial score (nSPS) is 11.2. The van der Waals surface area contributed by atoms with Gasteiger partial charge in [0.25, 0.3) is 5.91 Å². The number of nitrogens with one attached hydrogen (secondary N) is 1. The van der Waals surface area contributed by atoms with Gasteiger partial charge in [-0.3, -0.25) is 9.78 Å². The molecule has 0 fully saturated rings. The number of aromatic nitrogens is 1. The summed E-state index contributed by atoms with van der Waals surface area (Å²) in [6, 6.07) is 1.71. The lowest BCUT2D eigenvalue weighted by atomic mass is 10.2. The molecule has 1 rings (SSSR count). The minimum Gasteiger partial charge on any atom is -0.352 e. The Bertz CT molecular complexity index is 499. The number of sulfonamides is 1. The van der Waals surface area contributed by atoms with Gasteiger partial charge >= 0.3 is 0 Å². The lowest BCUT2D eigenvalue weighted by Gasteiger charge is -2.04. The zero-order chi connectivity index (χ0) is 12.9. The standard InChI is InChI=1S/C10H15N3O3S/c1-8-5-9(7-12-6-8)10(14)13-3-2-4-17(11,15)16/h5-7H,2-4H2,1H3,(H,13,14)(H2,11,15,16). The van der Waals surface area contributed by atoms with Crippen LogP contribution in [0.25, 0.3) is 0 Å². The van der Waals surface area contributed by atoms with Gasteiger partial charge in [0.1, 0.15) is 0 Å². The molecule has 0 spiro atoms. The fourth-order valence-corrected chi connectivity index (χ4v) is 1.80. The first-order valence-electron chi connectivity index (χ1n) is 5.09. The Hall–Kier alpha value is -1.47. The molecule has 94 valence electrons. The molecule has 0 saturated heterocycles. The second-order valence-electron chi connectivity index (χ2n) is 3.73. The summed E-state index contributed by atoms with van der Waals surface area (Å²) in [5.74, 6) is -0.407. The molecular weight excluding hydrogens is 242 g/mol. The molecular formula is C10H15N3O3S. The van der Waals surface area contributed by atoms with Crippen molar-refractivity contribution >= 4 is 15.9 Å². The Kier molecular flexibility index (Phi) is 4.59. The average Bonchev–Trinajstić information content (AvgIpc) is 2.23. The first-order valence-corrected chi connectivity index (χ1v) is 6.80. The zero-order valence-corrected chi connectivity index (χ0v) is 10.3. The number of aryl methyl sites for hydroxylation is 1. The Morgan fingerprint density at radius 3 is 2.76 bits per heavy atom. The van der Waals surface area contributed by atoms with Crippen molar-refractivity contribution in [3.05, 3.63) is 29.6 Å². The van der Waals surface area contributed by atoms with Gasteiger partial charge in [-0.1, -0.05) is 0 Å². The zero-order valence-electron chi connectivity index (χ0n) is 9.51. The van der Waals surface area contributed by atoms with Crippen LogP contribution in [0.15, 0.2) is 18.5 Å². The van der Waals surface area contributed by atoms with Crippen molar-refractivity contribution in [2.75, 3.05) is 12.3 Å². The third-order valence-electron chi connectivity index (χ3n) is 2.03. The first-order chi connectivity index (χ1) is 7.88. The van der Waals surface area contributed by atoms with E-state index in [1.54, 1.807) is 12.3 Å². The number of amides is 1. The maximum atomic E-state index is 11.6. The molecule has 0 atom stereocenters. The summed E-state index contributed by atoms with van der Waals surface area (Å²) in [6.07, 6.45) is 3.41.